The number of aryl methyl sites for hydroxylation is 1. The minimum atomic E-state index is -0.254. The molecule has 0 saturated carbocycles. The zero-order valence-electron chi connectivity index (χ0n) is 14.8. The molecule has 0 spiro atoms. The maximum Gasteiger partial charge on any atom is 0.272 e. The minimum absolute atomic E-state index is 0.0902. The molecule has 4 N–H and O–H groups in total. The number of para-hydroxylation sites is 1. The molecule has 2 aromatic heterocycles. The van der Waals surface area contributed by atoms with E-state index in [4.69, 9.17) is 0 Å². The Labute approximate surface area is 160 Å². The number of aromatic amines is 1. The lowest BCUT2D eigenvalue weighted by atomic mass is 10.2. The lowest BCUT2D eigenvalue weighted by Gasteiger charge is -2.05. The van der Waals surface area contributed by atoms with E-state index >= 15 is 0 Å². The van der Waals surface area contributed by atoms with E-state index in [0.717, 1.165) is 41.7 Å². The molecule has 0 aliphatic carbocycles. The molecule has 140 valence electrons. The van der Waals surface area contributed by atoms with Gasteiger partial charge in [0, 0.05) is 29.9 Å². The fourth-order valence-electron chi connectivity index (χ4n) is 3.20. The van der Waals surface area contributed by atoms with E-state index in [0.29, 0.717) is 18.8 Å². The first-order chi connectivity index (χ1) is 13.2. The summed E-state index contributed by atoms with van der Waals surface area (Å²) in [7, 11) is 0. The minimum Gasteiger partial charge on any atom is -0.350 e. The highest BCUT2D eigenvalue weighted by molar-refractivity contribution is 7.14. The Morgan fingerprint density at radius 2 is 1.96 bits per heavy atom. The van der Waals surface area contributed by atoms with Crippen molar-refractivity contribution in [3.63, 3.8) is 0 Å². The smallest absolute Gasteiger partial charge is 0.272 e. The number of fused-ring (bicyclic) bond motifs is 2. The summed E-state index contributed by atoms with van der Waals surface area (Å²) in [6, 6.07) is 9.45. The lowest BCUT2D eigenvalue weighted by molar-refractivity contribution is 0.0927. The molecule has 8 heteroatoms. The molecule has 3 aromatic rings. The summed E-state index contributed by atoms with van der Waals surface area (Å²) in [6.07, 6.45) is 2.12. The molecule has 4 rings (SSSR count). The van der Waals surface area contributed by atoms with Crippen LogP contribution in [0.15, 0.2) is 30.3 Å². The second-order valence-corrected chi connectivity index (χ2v) is 7.61. The zero-order valence-corrected chi connectivity index (χ0v) is 15.6. The Morgan fingerprint density at radius 1 is 1.15 bits per heavy atom. The van der Waals surface area contributed by atoms with Crippen LogP contribution >= 0.6 is 11.3 Å². The number of nitrogens with one attached hydrogen (secondary N) is 4. The van der Waals surface area contributed by atoms with Crippen LogP contribution in [-0.4, -0.2) is 41.6 Å². The molecule has 1 aliphatic heterocycles. The van der Waals surface area contributed by atoms with E-state index in [1.807, 2.05) is 30.3 Å². The largest absolute Gasteiger partial charge is 0.350 e. The molecule has 0 radical (unpaired) electrons. The number of thiophene rings is 1. The van der Waals surface area contributed by atoms with Crippen molar-refractivity contribution in [3.8, 4) is 0 Å². The average molecular weight is 383 g/mol. The number of aromatic nitrogens is 2. The van der Waals surface area contributed by atoms with Crippen molar-refractivity contribution in [1.29, 1.82) is 0 Å². The molecular weight excluding hydrogens is 362 g/mol. The molecule has 0 saturated heterocycles. The summed E-state index contributed by atoms with van der Waals surface area (Å²) in [5, 5.41) is 16.7. The Balaban J connectivity index is 1.28. The highest BCUT2D eigenvalue weighted by Gasteiger charge is 2.16. The van der Waals surface area contributed by atoms with Crippen molar-refractivity contribution >= 4 is 34.1 Å². The number of hydrogen-bond donors (Lipinski definition) is 4. The van der Waals surface area contributed by atoms with Crippen molar-refractivity contribution in [2.24, 2.45) is 0 Å². The SMILES string of the molecule is O=C(NCCNC(=O)c1n[nH]c2ccccc12)c1cc2c(s1)CCCNC2. The number of amides is 2. The monoisotopic (exact) mass is 383 g/mol. The van der Waals surface area contributed by atoms with Gasteiger partial charge >= 0.3 is 0 Å². The van der Waals surface area contributed by atoms with E-state index in [9.17, 15) is 9.59 Å². The van der Waals surface area contributed by atoms with Gasteiger partial charge in [-0.3, -0.25) is 14.7 Å². The Bertz CT molecular complexity index is 954. The van der Waals surface area contributed by atoms with Gasteiger partial charge < -0.3 is 16.0 Å². The maximum absolute atomic E-state index is 12.3. The number of benzene rings is 1. The number of carbonyl (C=O) groups excluding carboxylic acids is 2. The van der Waals surface area contributed by atoms with Gasteiger partial charge in [0.1, 0.15) is 0 Å². The summed E-state index contributed by atoms with van der Waals surface area (Å²) in [5.41, 5.74) is 2.41. The third-order valence-corrected chi connectivity index (χ3v) is 5.81. The molecule has 1 aliphatic rings. The summed E-state index contributed by atoms with van der Waals surface area (Å²) >= 11 is 1.57. The van der Waals surface area contributed by atoms with Gasteiger partial charge in [0.2, 0.25) is 0 Å². The molecule has 2 amide bonds. The quantitative estimate of drug-likeness (QED) is 0.505. The predicted octanol–water partition coefficient (Wildman–Crippen LogP) is 1.82. The number of rotatable bonds is 5. The highest BCUT2D eigenvalue weighted by Crippen LogP contribution is 2.25. The summed E-state index contributed by atoms with van der Waals surface area (Å²) in [5.74, 6) is -0.344. The number of H-pyrrole nitrogens is 1. The first-order valence-corrected chi connectivity index (χ1v) is 9.86. The first-order valence-electron chi connectivity index (χ1n) is 9.04. The van der Waals surface area contributed by atoms with Crippen LogP contribution in [-0.2, 0) is 13.0 Å². The zero-order chi connectivity index (χ0) is 18.6. The van der Waals surface area contributed by atoms with Crippen LogP contribution in [0.4, 0.5) is 0 Å². The van der Waals surface area contributed by atoms with Gasteiger partial charge in [-0.1, -0.05) is 18.2 Å². The van der Waals surface area contributed by atoms with Gasteiger partial charge in [-0.15, -0.1) is 11.3 Å². The topological polar surface area (TPSA) is 98.9 Å². The van der Waals surface area contributed by atoms with Gasteiger partial charge in [0.05, 0.1) is 10.4 Å². The number of hydrogen-bond acceptors (Lipinski definition) is 5. The molecule has 7 nitrogen and oxygen atoms in total. The second kappa shape index (κ2) is 7.89. The van der Waals surface area contributed by atoms with Crippen LogP contribution in [0.25, 0.3) is 10.9 Å². The normalized spacial score (nSPS) is 13.8. The van der Waals surface area contributed by atoms with E-state index in [1.165, 1.54) is 10.4 Å². The summed E-state index contributed by atoms with van der Waals surface area (Å²) in [6.45, 7) is 2.56. The van der Waals surface area contributed by atoms with Crippen molar-refractivity contribution in [2.75, 3.05) is 19.6 Å². The molecule has 0 atom stereocenters. The van der Waals surface area contributed by atoms with Crippen molar-refractivity contribution in [3.05, 3.63) is 51.3 Å². The van der Waals surface area contributed by atoms with Crippen LogP contribution in [0.2, 0.25) is 0 Å². The molecule has 0 unspecified atom stereocenters. The van der Waals surface area contributed by atoms with Gasteiger partial charge in [0.25, 0.3) is 11.8 Å². The molecule has 27 heavy (non-hydrogen) atoms. The van der Waals surface area contributed by atoms with Gasteiger partial charge in [-0.2, -0.15) is 5.10 Å². The van der Waals surface area contributed by atoms with Crippen LogP contribution < -0.4 is 16.0 Å². The number of nitrogens with zero attached hydrogens (tertiary/aromatic N) is 1. The molecular formula is C19H21N5O2S. The highest BCUT2D eigenvalue weighted by atomic mass is 32.1. The fourth-order valence-corrected chi connectivity index (χ4v) is 4.34. The number of carbonyl (C=O) groups is 2. The maximum atomic E-state index is 12.3. The molecule has 1 aromatic carbocycles. The first kappa shape index (κ1) is 17.7. The molecule has 0 bridgehead atoms. The predicted molar refractivity (Wildman–Crippen MR) is 105 cm³/mol. The standard InChI is InChI=1S/C19H21N5O2S/c25-18(16-10-12-11-20-7-3-6-15(12)27-16)21-8-9-22-19(26)17-13-4-1-2-5-14(13)23-24-17/h1-2,4-5,10,20H,3,6-9,11H2,(H,21,25)(H,22,26)(H,23,24). The van der Waals surface area contributed by atoms with Crippen molar-refractivity contribution in [1.82, 2.24) is 26.1 Å². The Morgan fingerprint density at radius 3 is 2.85 bits per heavy atom. The Hall–Kier alpha value is -2.71. The molecule has 0 fully saturated rings. The fraction of sp³-hybridized carbons (Fsp3) is 0.316. The van der Waals surface area contributed by atoms with E-state index in [1.54, 1.807) is 11.3 Å². The second-order valence-electron chi connectivity index (χ2n) is 6.47. The summed E-state index contributed by atoms with van der Waals surface area (Å²) in [4.78, 5) is 26.7. The molecule has 3 heterocycles. The summed E-state index contributed by atoms with van der Waals surface area (Å²) < 4.78 is 0. The van der Waals surface area contributed by atoms with Crippen molar-refractivity contribution < 1.29 is 9.59 Å². The van der Waals surface area contributed by atoms with Crippen LogP contribution in [0.5, 0.6) is 0 Å². The van der Waals surface area contributed by atoms with Gasteiger partial charge in [-0.25, -0.2) is 0 Å². The van der Waals surface area contributed by atoms with E-state index in [2.05, 4.69) is 26.1 Å². The van der Waals surface area contributed by atoms with Gasteiger partial charge in [0.15, 0.2) is 5.69 Å². The Kier molecular flexibility index (Phi) is 5.17. The van der Waals surface area contributed by atoms with Crippen LogP contribution in [0, 0.1) is 0 Å². The average Bonchev–Trinajstić information content (AvgIpc) is 3.23. The lowest BCUT2D eigenvalue weighted by Crippen LogP contribution is -2.34. The third-order valence-electron chi connectivity index (χ3n) is 4.57. The van der Waals surface area contributed by atoms with Gasteiger partial charge in [-0.05, 0) is 37.1 Å². The third kappa shape index (κ3) is 3.86. The van der Waals surface area contributed by atoms with E-state index < -0.39 is 0 Å². The van der Waals surface area contributed by atoms with Crippen LogP contribution in [0.1, 0.15) is 37.0 Å². The van der Waals surface area contributed by atoms with E-state index in [-0.39, 0.29) is 11.8 Å². The van der Waals surface area contributed by atoms with Crippen LogP contribution in [0.3, 0.4) is 0 Å². The van der Waals surface area contributed by atoms with Crippen molar-refractivity contribution in [2.45, 2.75) is 19.4 Å².